The van der Waals surface area contributed by atoms with Crippen LogP contribution in [0.2, 0.25) is 0 Å². The zero-order valence-electron chi connectivity index (χ0n) is 10.7. The third-order valence-electron chi connectivity index (χ3n) is 2.83. The summed E-state index contributed by atoms with van der Waals surface area (Å²) in [7, 11) is 0. The van der Waals surface area contributed by atoms with Gasteiger partial charge in [-0.2, -0.15) is 5.26 Å². The Balaban J connectivity index is 2.32. The van der Waals surface area contributed by atoms with Crippen LogP contribution >= 0.6 is 0 Å². The molecule has 0 radical (unpaired) electrons. The molecule has 0 amide bonds. The van der Waals surface area contributed by atoms with Crippen LogP contribution in [0, 0.1) is 11.3 Å². The molecular weight excluding hydrogens is 210 g/mol. The minimum atomic E-state index is 0.489. The fraction of sp³-hybridized carbons (Fsp3) is 0.571. The molecule has 0 saturated carbocycles. The quantitative estimate of drug-likeness (QED) is 0.734. The Morgan fingerprint density at radius 3 is 3.00 bits per heavy atom. The van der Waals surface area contributed by atoms with E-state index in [1.54, 1.807) is 6.20 Å². The van der Waals surface area contributed by atoms with Crippen LogP contribution in [0.25, 0.3) is 0 Å². The van der Waals surface area contributed by atoms with Crippen molar-refractivity contribution in [2.24, 2.45) is 0 Å². The average Bonchev–Trinajstić information content (AvgIpc) is 2.37. The van der Waals surface area contributed by atoms with E-state index in [0.717, 1.165) is 12.1 Å². The summed E-state index contributed by atoms with van der Waals surface area (Å²) in [5, 5.41) is 12.2. The van der Waals surface area contributed by atoms with E-state index in [0.29, 0.717) is 11.7 Å². The maximum Gasteiger partial charge on any atom is 0.140 e. The molecule has 0 aliphatic heterocycles. The minimum Gasteiger partial charge on any atom is -0.310 e. The van der Waals surface area contributed by atoms with Gasteiger partial charge in [0.05, 0.1) is 0 Å². The molecule has 0 spiro atoms. The van der Waals surface area contributed by atoms with E-state index >= 15 is 0 Å². The first kappa shape index (κ1) is 13.7. The highest BCUT2D eigenvalue weighted by atomic mass is 14.9. The van der Waals surface area contributed by atoms with Gasteiger partial charge >= 0.3 is 0 Å². The van der Waals surface area contributed by atoms with Gasteiger partial charge in [0.25, 0.3) is 0 Å². The first-order valence-electron chi connectivity index (χ1n) is 6.34. The summed E-state index contributed by atoms with van der Waals surface area (Å²) in [4.78, 5) is 3.96. The lowest BCUT2D eigenvalue weighted by atomic mass is 10.1. The second-order valence-electron chi connectivity index (χ2n) is 4.44. The molecule has 1 atom stereocenters. The van der Waals surface area contributed by atoms with Crippen LogP contribution in [-0.4, -0.2) is 11.0 Å². The standard InChI is InChI=1S/C14H21N3/c1-3-4-5-6-12(2)17-11-13-7-8-16-14(9-13)10-15/h7-9,12,17H,3-6,11H2,1-2H3. The molecule has 1 aromatic heterocycles. The summed E-state index contributed by atoms with van der Waals surface area (Å²) >= 11 is 0. The molecular formula is C14H21N3. The third-order valence-corrected chi connectivity index (χ3v) is 2.83. The average molecular weight is 231 g/mol. The summed E-state index contributed by atoms with van der Waals surface area (Å²) in [6.45, 7) is 5.24. The van der Waals surface area contributed by atoms with Crippen molar-refractivity contribution in [1.29, 1.82) is 5.26 Å². The first-order chi connectivity index (χ1) is 8.26. The van der Waals surface area contributed by atoms with Crippen LogP contribution in [0.1, 0.15) is 50.8 Å². The number of hydrogen-bond acceptors (Lipinski definition) is 3. The molecule has 1 heterocycles. The maximum absolute atomic E-state index is 8.75. The Hall–Kier alpha value is -1.40. The zero-order chi connectivity index (χ0) is 12.5. The second-order valence-corrected chi connectivity index (χ2v) is 4.44. The summed E-state index contributed by atoms with van der Waals surface area (Å²) in [6, 6.07) is 6.38. The fourth-order valence-electron chi connectivity index (χ4n) is 1.74. The van der Waals surface area contributed by atoms with Crippen LogP contribution in [0.3, 0.4) is 0 Å². The van der Waals surface area contributed by atoms with Crippen molar-refractivity contribution in [3.05, 3.63) is 29.6 Å². The summed E-state index contributed by atoms with van der Waals surface area (Å²) in [5.74, 6) is 0. The minimum absolute atomic E-state index is 0.489. The SMILES string of the molecule is CCCCCC(C)NCc1ccnc(C#N)c1. The van der Waals surface area contributed by atoms with Crippen LogP contribution in [0.15, 0.2) is 18.3 Å². The van der Waals surface area contributed by atoms with Gasteiger partial charge in [-0.15, -0.1) is 0 Å². The molecule has 0 fully saturated rings. The largest absolute Gasteiger partial charge is 0.310 e. The Kier molecular flexibility index (Phi) is 6.27. The third kappa shape index (κ3) is 5.46. The van der Waals surface area contributed by atoms with E-state index < -0.39 is 0 Å². The number of nitriles is 1. The van der Waals surface area contributed by atoms with E-state index in [-0.39, 0.29) is 0 Å². The summed E-state index contributed by atoms with van der Waals surface area (Å²) in [5.41, 5.74) is 1.61. The van der Waals surface area contributed by atoms with Gasteiger partial charge in [0.2, 0.25) is 0 Å². The van der Waals surface area contributed by atoms with Gasteiger partial charge in [0.1, 0.15) is 11.8 Å². The fourth-order valence-corrected chi connectivity index (χ4v) is 1.74. The molecule has 3 heteroatoms. The molecule has 0 aliphatic rings. The monoisotopic (exact) mass is 231 g/mol. The smallest absolute Gasteiger partial charge is 0.140 e. The van der Waals surface area contributed by atoms with E-state index in [2.05, 4.69) is 30.2 Å². The van der Waals surface area contributed by atoms with E-state index in [4.69, 9.17) is 5.26 Å². The van der Waals surface area contributed by atoms with Gasteiger partial charge in [-0.05, 0) is 31.0 Å². The topological polar surface area (TPSA) is 48.7 Å². The van der Waals surface area contributed by atoms with Crippen molar-refractivity contribution in [2.45, 2.75) is 52.1 Å². The van der Waals surface area contributed by atoms with Gasteiger partial charge in [-0.3, -0.25) is 0 Å². The molecule has 0 aliphatic carbocycles. The van der Waals surface area contributed by atoms with E-state index in [1.807, 2.05) is 12.1 Å². The maximum atomic E-state index is 8.75. The Bertz CT molecular complexity index is 368. The Morgan fingerprint density at radius 1 is 1.47 bits per heavy atom. The Labute approximate surface area is 104 Å². The number of aromatic nitrogens is 1. The zero-order valence-corrected chi connectivity index (χ0v) is 10.7. The molecule has 1 rings (SSSR count). The van der Waals surface area contributed by atoms with Gasteiger partial charge < -0.3 is 5.32 Å². The highest BCUT2D eigenvalue weighted by molar-refractivity contribution is 5.25. The van der Waals surface area contributed by atoms with Crippen LogP contribution in [-0.2, 0) is 6.54 Å². The van der Waals surface area contributed by atoms with Crippen molar-refractivity contribution in [2.75, 3.05) is 0 Å². The molecule has 3 nitrogen and oxygen atoms in total. The summed E-state index contributed by atoms with van der Waals surface area (Å²) < 4.78 is 0. The van der Waals surface area contributed by atoms with Gasteiger partial charge in [-0.25, -0.2) is 4.98 Å². The lowest BCUT2D eigenvalue weighted by molar-refractivity contribution is 0.487. The highest BCUT2D eigenvalue weighted by Gasteiger charge is 2.02. The predicted molar refractivity (Wildman–Crippen MR) is 69.4 cm³/mol. The molecule has 1 unspecified atom stereocenters. The second kappa shape index (κ2) is 7.81. The van der Waals surface area contributed by atoms with Crippen molar-refractivity contribution < 1.29 is 0 Å². The van der Waals surface area contributed by atoms with Crippen molar-refractivity contribution in [1.82, 2.24) is 10.3 Å². The lowest BCUT2D eigenvalue weighted by Crippen LogP contribution is -2.25. The van der Waals surface area contributed by atoms with E-state index in [1.165, 1.54) is 25.7 Å². The first-order valence-corrected chi connectivity index (χ1v) is 6.34. The van der Waals surface area contributed by atoms with Crippen LogP contribution < -0.4 is 5.32 Å². The molecule has 1 aromatic rings. The number of nitrogens with zero attached hydrogens (tertiary/aromatic N) is 2. The number of rotatable bonds is 7. The molecule has 0 saturated heterocycles. The highest BCUT2D eigenvalue weighted by Crippen LogP contribution is 2.05. The molecule has 17 heavy (non-hydrogen) atoms. The van der Waals surface area contributed by atoms with Gasteiger partial charge in [-0.1, -0.05) is 26.2 Å². The Morgan fingerprint density at radius 2 is 2.29 bits per heavy atom. The molecule has 0 aromatic carbocycles. The summed E-state index contributed by atoms with van der Waals surface area (Å²) in [6.07, 6.45) is 6.76. The van der Waals surface area contributed by atoms with Crippen molar-refractivity contribution >= 4 is 0 Å². The number of hydrogen-bond donors (Lipinski definition) is 1. The normalized spacial score (nSPS) is 12.1. The van der Waals surface area contributed by atoms with Crippen molar-refractivity contribution in [3.8, 4) is 6.07 Å². The van der Waals surface area contributed by atoms with Gasteiger partial charge in [0, 0.05) is 18.8 Å². The van der Waals surface area contributed by atoms with Crippen LogP contribution in [0.5, 0.6) is 0 Å². The number of unbranched alkanes of at least 4 members (excludes halogenated alkanes) is 2. The molecule has 92 valence electrons. The number of pyridine rings is 1. The molecule has 0 bridgehead atoms. The lowest BCUT2D eigenvalue weighted by Gasteiger charge is -2.13. The van der Waals surface area contributed by atoms with Crippen LogP contribution in [0.4, 0.5) is 0 Å². The van der Waals surface area contributed by atoms with E-state index in [9.17, 15) is 0 Å². The predicted octanol–water partition coefficient (Wildman–Crippen LogP) is 3.01. The molecule has 1 N–H and O–H groups in total. The number of nitrogens with one attached hydrogen (secondary N) is 1. The van der Waals surface area contributed by atoms with Gasteiger partial charge in [0.15, 0.2) is 0 Å². The van der Waals surface area contributed by atoms with Crippen molar-refractivity contribution in [3.63, 3.8) is 0 Å².